The highest BCUT2D eigenvalue weighted by Gasteiger charge is 2.65. The molecule has 1 saturated carbocycles. The summed E-state index contributed by atoms with van der Waals surface area (Å²) in [6.45, 7) is 1.34. The Bertz CT molecular complexity index is 674. The zero-order chi connectivity index (χ0) is 17.0. The van der Waals surface area contributed by atoms with Gasteiger partial charge >= 0.3 is 16.4 Å². The Hall–Kier alpha value is -1.92. The molecule has 0 aromatic carbocycles. The largest absolute Gasteiger partial charge is 0.418 e. The molecular weight excluding hydrogens is 332 g/mol. The third kappa shape index (κ3) is 2.84. The molecule has 128 valence electrons. The van der Waals surface area contributed by atoms with E-state index in [9.17, 15) is 22.8 Å². The van der Waals surface area contributed by atoms with Crippen molar-refractivity contribution in [1.82, 2.24) is 20.8 Å². The second-order valence-electron chi connectivity index (χ2n) is 6.03. The third-order valence-electron chi connectivity index (χ3n) is 4.50. The van der Waals surface area contributed by atoms with Gasteiger partial charge in [0.1, 0.15) is 6.04 Å². The Labute approximate surface area is 131 Å². The molecule has 3 rings (SSSR count). The Morgan fingerprint density at radius 1 is 1.35 bits per heavy atom. The summed E-state index contributed by atoms with van der Waals surface area (Å²) in [5.74, 6) is -1.02. The van der Waals surface area contributed by atoms with E-state index in [1.807, 2.05) is 0 Å². The molecule has 1 aliphatic carbocycles. The molecule has 2 atom stereocenters. The van der Waals surface area contributed by atoms with Gasteiger partial charge in [0, 0.05) is 13.5 Å². The molecule has 12 heteroatoms. The van der Waals surface area contributed by atoms with Crippen molar-refractivity contribution < 1.29 is 31.6 Å². The smallest absolute Gasteiger partial charge is 0.309 e. The van der Waals surface area contributed by atoms with Gasteiger partial charge in [-0.1, -0.05) is 0 Å². The number of carbonyl (C=O) groups excluding carboxylic acids is 3. The predicted octanol–water partition coefficient (Wildman–Crippen LogP) is -1.45. The van der Waals surface area contributed by atoms with Gasteiger partial charge in [-0.25, -0.2) is 4.79 Å². The number of hydrogen-bond donors (Lipinski definition) is 3. The van der Waals surface area contributed by atoms with E-state index in [1.54, 1.807) is 0 Å². The molecule has 1 spiro atoms. The maximum absolute atomic E-state index is 12.3. The van der Waals surface area contributed by atoms with Gasteiger partial charge in [0.25, 0.3) is 5.91 Å². The fourth-order valence-electron chi connectivity index (χ4n) is 3.28. The molecule has 3 fully saturated rings. The lowest BCUT2D eigenvalue weighted by Crippen LogP contribution is -2.55. The van der Waals surface area contributed by atoms with Gasteiger partial charge in [-0.3, -0.25) is 25.0 Å². The summed E-state index contributed by atoms with van der Waals surface area (Å²) in [4.78, 5) is 36.6. The Morgan fingerprint density at radius 3 is 2.52 bits per heavy atom. The second kappa shape index (κ2) is 5.04. The quantitative estimate of drug-likeness (QED) is 0.418. The molecule has 0 radical (unpaired) electrons. The number of amides is 4. The van der Waals surface area contributed by atoms with Crippen molar-refractivity contribution in [1.29, 1.82) is 0 Å². The summed E-state index contributed by atoms with van der Waals surface area (Å²) in [5.41, 5.74) is 3.97. The Morgan fingerprint density at radius 2 is 2.00 bits per heavy atom. The Balaban J connectivity index is 1.81. The van der Waals surface area contributed by atoms with E-state index >= 15 is 0 Å². The number of urea groups is 1. The molecule has 0 unspecified atom stereocenters. The average molecular weight is 348 g/mol. The molecule has 3 N–H and O–H groups in total. The van der Waals surface area contributed by atoms with Crippen LogP contribution in [0.25, 0.3) is 0 Å². The van der Waals surface area contributed by atoms with Crippen molar-refractivity contribution in [3.8, 4) is 0 Å². The first kappa shape index (κ1) is 16.0. The van der Waals surface area contributed by atoms with Gasteiger partial charge in [0.15, 0.2) is 0 Å². The molecule has 0 aromatic heterocycles. The molecule has 3 aliphatic rings. The van der Waals surface area contributed by atoms with Gasteiger partial charge in [-0.2, -0.15) is 13.5 Å². The van der Waals surface area contributed by atoms with Crippen LogP contribution in [0, 0.1) is 5.41 Å². The maximum atomic E-state index is 12.3. The highest BCUT2D eigenvalue weighted by Crippen LogP contribution is 2.59. The summed E-state index contributed by atoms with van der Waals surface area (Å²) in [6, 6.07) is -2.19. The molecule has 2 heterocycles. The van der Waals surface area contributed by atoms with Gasteiger partial charge in [-0.05, 0) is 24.7 Å². The van der Waals surface area contributed by atoms with Crippen LogP contribution >= 0.6 is 0 Å². The van der Waals surface area contributed by atoms with Crippen LogP contribution in [0.15, 0.2) is 0 Å². The van der Waals surface area contributed by atoms with Crippen molar-refractivity contribution in [3.63, 3.8) is 0 Å². The number of hydrogen-bond acceptors (Lipinski definition) is 6. The summed E-state index contributed by atoms with van der Waals surface area (Å²) >= 11 is 0. The van der Waals surface area contributed by atoms with E-state index in [2.05, 4.69) is 15.1 Å². The first-order valence-electron chi connectivity index (χ1n) is 6.96. The average Bonchev–Trinajstić information content (AvgIpc) is 3.15. The molecule has 2 aliphatic heterocycles. The van der Waals surface area contributed by atoms with Crippen LogP contribution in [0.5, 0.6) is 0 Å². The summed E-state index contributed by atoms with van der Waals surface area (Å²) < 4.78 is 35.1. The van der Waals surface area contributed by atoms with Gasteiger partial charge in [0.2, 0.25) is 5.91 Å². The zero-order valence-electron chi connectivity index (χ0n) is 12.2. The highest BCUT2D eigenvalue weighted by atomic mass is 32.3. The number of fused-ring (bicyclic) bond motifs is 3. The minimum absolute atomic E-state index is 0.118. The minimum atomic E-state index is -4.84. The van der Waals surface area contributed by atoms with Crippen molar-refractivity contribution in [2.24, 2.45) is 5.41 Å². The van der Waals surface area contributed by atoms with E-state index in [4.69, 9.17) is 4.55 Å². The number of hydroxylamine groups is 2. The van der Waals surface area contributed by atoms with Gasteiger partial charge in [-0.15, -0.1) is 4.28 Å². The van der Waals surface area contributed by atoms with E-state index < -0.39 is 45.7 Å². The number of hydrazine groups is 1. The third-order valence-corrected chi connectivity index (χ3v) is 4.85. The van der Waals surface area contributed by atoms with E-state index in [1.165, 1.54) is 11.8 Å². The number of nitrogens with one attached hydrogen (secondary N) is 2. The second-order valence-corrected chi connectivity index (χ2v) is 7.04. The van der Waals surface area contributed by atoms with Crippen molar-refractivity contribution >= 4 is 28.2 Å². The first-order chi connectivity index (χ1) is 10.6. The van der Waals surface area contributed by atoms with Crippen molar-refractivity contribution in [3.05, 3.63) is 0 Å². The van der Waals surface area contributed by atoms with E-state index in [0.29, 0.717) is 24.3 Å². The monoisotopic (exact) mass is 348 g/mol. The van der Waals surface area contributed by atoms with Crippen molar-refractivity contribution in [2.45, 2.75) is 38.3 Å². The van der Waals surface area contributed by atoms with Crippen molar-refractivity contribution in [2.75, 3.05) is 6.54 Å². The van der Waals surface area contributed by atoms with Gasteiger partial charge in [0.05, 0.1) is 6.04 Å². The fraction of sp³-hybridized carbons (Fsp3) is 0.727. The molecule has 2 saturated heterocycles. The first-order valence-corrected chi connectivity index (χ1v) is 8.33. The van der Waals surface area contributed by atoms with Crippen LogP contribution in [-0.2, 0) is 24.3 Å². The van der Waals surface area contributed by atoms with Gasteiger partial charge < -0.3 is 4.90 Å². The molecule has 4 amide bonds. The van der Waals surface area contributed by atoms with Crippen LogP contribution in [0.4, 0.5) is 4.79 Å². The number of piperidine rings is 1. The number of rotatable bonds is 3. The Kier molecular flexibility index (Phi) is 3.50. The number of carbonyl (C=O) groups is 3. The lowest BCUT2D eigenvalue weighted by Gasteiger charge is -2.35. The predicted molar refractivity (Wildman–Crippen MR) is 72.4 cm³/mol. The standard InChI is InChI=1S/C11H16N4O7S/c1-6(16)12-13-9(17)7-4-11(2-3-11)8-5-14(7)10(18)15(8)22-23(19,20)21/h7-8H,2-5H2,1H3,(H,12,16)(H,13,17)(H,19,20,21)/t7-,8-/m0/s1. The number of nitrogens with zero attached hydrogens (tertiary/aromatic N) is 2. The molecule has 2 bridgehead atoms. The fourth-order valence-corrected chi connectivity index (χ4v) is 3.65. The van der Waals surface area contributed by atoms with Crippen LogP contribution in [0.3, 0.4) is 0 Å². The summed E-state index contributed by atoms with van der Waals surface area (Å²) in [5, 5.41) is 0.633. The van der Waals surface area contributed by atoms with Crippen LogP contribution < -0.4 is 10.9 Å². The highest BCUT2D eigenvalue weighted by molar-refractivity contribution is 7.80. The molecule has 23 heavy (non-hydrogen) atoms. The van der Waals surface area contributed by atoms with Crippen LogP contribution in [-0.4, -0.2) is 59.4 Å². The van der Waals surface area contributed by atoms with Crippen LogP contribution in [0.1, 0.15) is 26.2 Å². The molecular formula is C11H16N4O7S. The summed E-state index contributed by atoms with van der Waals surface area (Å²) in [7, 11) is -4.84. The summed E-state index contributed by atoms with van der Waals surface area (Å²) in [6.07, 6.45) is 1.77. The maximum Gasteiger partial charge on any atom is 0.418 e. The lowest BCUT2D eigenvalue weighted by atomic mass is 9.85. The van der Waals surface area contributed by atoms with E-state index in [0.717, 1.165) is 0 Å². The molecule has 0 aromatic rings. The SMILES string of the molecule is CC(=O)NNC(=O)[C@@H]1CC2(CC2)[C@@H]2CN1C(=O)N2OS(=O)(=O)O. The van der Waals surface area contributed by atoms with Crippen LogP contribution in [0.2, 0.25) is 0 Å². The lowest BCUT2D eigenvalue weighted by molar-refractivity contribution is -0.132. The molecule has 11 nitrogen and oxygen atoms in total. The zero-order valence-corrected chi connectivity index (χ0v) is 13.0. The normalized spacial score (nSPS) is 28.0. The topological polar surface area (TPSA) is 145 Å². The minimum Gasteiger partial charge on any atom is -0.309 e. The van der Waals surface area contributed by atoms with E-state index in [-0.39, 0.29) is 6.54 Å².